The first-order valence-corrected chi connectivity index (χ1v) is 8.50. The van der Waals surface area contributed by atoms with E-state index < -0.39 is 0 Å². The second-order valence-electron chi connectivity index (χ2n) is 6.02. The molecule has 1 amide bonds. The van der Waals surface area contributed by atoms with E-state index >= 15 is 0 Å². The SMILES string of the molecule is CC(C)CCNC(=O)C(C)Sc1ccc2c(c1)CCC2. The first kappa shape index (κ1) is 15.4. The van der Waals surface area contributed by atoms with Gasteiger partial charge >= 0.3 is 0 Å². The normalized spacial score (nSPS) is 15.2. The highest BCUT2D eigenvalue weighted by Gasteiger charge is 2.16. The van der Waals surface area contributed by atoms with E-state index in [1.165, 1.54) is 35.3 Å². The van der Waals surface area contributed by atoms with Crippen molar-refractivity contribution in [1.82, 2.24) is 5.32 Å². The number of nitrogens with one attached hydrogen (secondary N) is 1. The number of rotatable bonds is 6. The third-order valence-corrected chi connectivity index (χ3v) is 4.87. The quantitative estimate of drug-likeness (QED) is 0.807. The van der Waals surface area contributed by atoms with E-state index in [-0.39, 0.29) is 11.2 Å². The van der Waals surface area contributed by atoms with Crippen molar-refractivity contribution in [3.63, 3.8) is 0 Å². The number of amides is 1. The Bertz CT molecular complexity index is 470. The lowest BCUT2D eigenvalue weighted by Crippen LogP contribution is -2.32. The Morgan fingerprint density at radius 3 is 2.75 bits per heavy atom. The van der Waals surface area contributed by atoms with Crippen LogP contribution in [0.4, 0.5) is 0 Å². The fourth-order valence-corrected chi connectivity index (χ4v) is 3.46. The minimum atomic E-state index is -0.0263. The van der Waals surface area contributed by atoms with Crippen molar-refractivity contribution in [2.24, 2.45) is 5.92 Å². The zero-order chi connectivity index (χ0) is 14.5. The molecular formula is C17H25NOS. The average Bonchev–Trinajstić information content (AvgIpc) is 2.85. The number of benzene rings is 1. The maximum Gasteiger partial charge on any atom is 0.233 e. The standard InChI is InChI=1S/C17H25NOS/c1-12(2)9-10-18-17(19)13(3)20-16-8-7-14-5-4-6-15(14)11-16/h7-8,11-13H,4-6,9-10H2,1-3H3,(H,18,19). The molecule has 2 rings (SSSR count). The number of carbonyl (C=O) groups excluding carboxylic acids is 1. The average molecular weight is 291 g/mol. The van der Waals surface area contributed by atoms with Gasteiger partial charge in [0.1, 0.15) is 0 Å². The third kappa shape index (κ3) is 4.27. The summed E-state index contributed by atoms with van der Waals surface area (Å²) < 4.78 is 0. The van der Waals surface area contributed by atoms with Gasteiger partial charge in [-0.1, -0.05) is 19.9 Å². The zero-order valence-corrected chi connectivity index (χ0v) is 13.6. The molecule has 0 heterocycles. The molecule has 1 N–H and O–H groups in total. The Morgan fingerprint density at radius 2 is 2.00 bits per heavy atom. The molecule has 0 aromatic heterocycles. The van der Waals surface area contributed by atoms with E-state index in [1.54, 1.807) is 11.8 Å². The van der Waals surface area contributed by atoms with Crippen molar-refractivity contribution in [2.45, 2.75) is 56.6 Å². The van der Waals surface area contributed by atoms with Crippen LogP contribution in [-0.2, 0) is 17.6 Å². The number of fused-ring (bicyclic) bond motifs is 1. The van der Waals surface area contributed by atoms with Crippen LogP contribution in [0.2, 0.25) is 0 Å². The molecule has 0 spiro atoms. The van der Waals surface area contributed by atoms with Crippen LogP contribution in [0.5, 0.6) is 0 Å². The molecule has 1 unspecified atom stereocenters. The van der Waals surface area contributed by atoms with Crippen LogP contribution in [0.15, 0.2) is 23.1 Å². The van der Waals surface area contributed by atoms with Crippen molar-refractivity contribution in [3.05, 3.63) is 29.3 Å². The van der Waals surface area contributed by atoms with Crippen LogP contribution in [0.3, 0.4) is 0 Å². The summed E-state index contributed by atoms with van der Waals surface area (Å²) in [5.41, 5.74) is 2.96. The van der Waals surface area contributed by atoms with Gasteiger partial charge in [-0.25, -0.2) is 0 Å². The largest absolute Gasteiger partial charge is 0.355 e. The molecule has 110 valence electrons. The number of aryl methyl sites for hydroxylation is 2. The van der Waals surface area contributed by atoms with Crippen LogP contribution in [0.25, 0.3) is 0 Å². The van der Waals surface area contributed by atoms with Gasteiger partial charge in [0.2, 0.25) is 5.91 Å². The predicted octanol–water partition coefficient (Wildman–Crippen LogP) is 3.82. The van der Waals surface area contributed by atoms with Gasteiger partial charge in [0, 0.05) is 11.4 Å². The molecule has 0 aliphatic heterocycles. The van der Waals surface area contributed by atoms with Crippen LogP contribution in [0, 0.1) is 5.92 Å². The van der Waals surface area contributed by atoms with Gasteiger partial charge < -0.3 is 5.32 Å². The van der Waals surface area contributed by atoms with Crippen molar-refractivity contribution in [3.8, 4) is 0 Å². The Balaban J connectivity index is 1.84. The van der Waals surface area contributed by atoms with Crippen molar-refractivity contribution in [2.75, 3.05) is 6.54 Å². The van der Waals surface area contributed by atoms with Crippen LogP contribution in [0.1, 0.15) is 44.7 Å². The van der Waals surface area contributed by atoms with E-state index in [1.807, 2.05) is 6.92 Å². The summed E-state index contributed by atoms with van der Waals surface area (Å²) in [6, 6.07) is 6.66. The van der Waals surface area contributed by atoms with E-state index in [0.29, 0.717) is 5.92 Å². The van der Waals surface area contributed by atoms with Gasteiger partial charge in [-0.15, -0.1) is 11.8 Å². The van der Waals surface area contributed by atoms with Crippen molar-refractivity contribution < 1.29 is 4.79 Å². The lowest BCUT2D eigenvalue weighted by atomic mass is 10.1. The minimum Gasteiger partial charge on any atom is -0.355 e. The van der Waals surface area contributed by atoms with Crippen LogP contribution < -0.4 is 5.32 Å². The van der Waals surface area contributed by atoms with Gasteiger partial charge in [0.15, 0.2) is 0 Å². The minimum absolute atomic E-state index is 0.0263. The molecule has 20 heavy (non-hydrogen) atoms. The molecule has 1 aromatic rings. The summed E-state index contributed by atoms with van der Waals surface area (Å²) in [6.45, 7) is 7.12. The van der Waals surface area contributed by atoms with Crippen molar-refractivity contribution in [1.29, 1.82) is 0 Å². The second-order valence-corrected chi connectivity index (χ2v) is 7.43. The number of hydrogen-bond acceptors (Lipinski definition) is 2. The summed E-state index contributed by atoms with van der Waals surface area (Å²) >= 11 is 1.66. The lowest BCUT2D eigenvalue weighted by Gasteiger charge is -2.13. The molecule has 3 heteroatoms. The summed E-state index contributed by atoms with van der Waals surface area (Å²) in [6.07, 6.45) is 4.72. The van der Waals surface area contributed by atoms with Gasteiger partial charge in [-0.3, -0.25) is 4.79 Å². The maximum atomic E-state index is 12.0. The monoisotopic (exact) mass is 291 g/mol. The smallest absolute Gasteiger partial charge is 0.233 e. The molecule has 2 nitrogen and oxygen atoms in total. The first-order chi connectivity index (χ1) is 9.56. The van der Waals surface area contributed by atoms with Gasteiger partial charge in [0.25, 0.3) is 0 Å². The molecule has 1 atom stereocenters. The fraction of sp³-hybridized carbons (Fsp3) is 0.588. The van der Waals surface area contributed by atoms with Gasteiger partial charge in [-0.2, -0.15) is 0 Å². The third-order valence-electron chi connectivity index (χ3n) is 3.77. The molecule has 1 aromatic carbocycles. The van der Waals surface area contributed by atoms with Gasteiger partial charge in [0.05, 0.1) is 5.25 Å². The van der Waals surface area contributed by atoms with E-state index in [4.69, 9.17) is 0 Å². The Hall–Kier alpha value is -0.960. The predicted molar refractivity (Wildman–Crippen MR) is 86.3 cm³/mol. The van der Waals surface area contributed by atoms with Gasteiger partial charge in [-0.05, 0) is 61.8 Å². The van der Waals surface area contributed by atoms with Crippen LogP contribution >= 0.6 is 11.8 Å². The topological polar surface area (TPSA) is 29.1 Å². The molecule has 0 radical (unpaired) electrons. The Labute approximate surface area is 126 Å². The Kier molecular flexibility index (Phi) is 5.53. The van der Waals surface area contributed by atoms with E-state index in [9.17, 15) is 4.79 Å². The van der Waals surface area contributed by atoms with E-state index in [0.717, 1.165) is 13.0 Å². The maximum absolute atomic E-state index is 12.0. The van der Waals surface area contributed by atoms with Crippen molar-refractivity contribution >= 4 is 17.7 Å². The zero-order valence-electron chi connectivity index (χ0n) is 12.7. The fourth-order valence-electron chi connectivity index (χ4n) is 2.51. The first-order valence-electron chi connectivity index (χ1n) is 7.62. The highest BCUT2D eigenvalue weighted by atomic mass is 32.2. The molecular weight excluding hydrogens is 266 g/mol. The highest BCUT2D eigenvalue weighted by Crippen LogP contribution is 2.29. The number of carbonyl (C=O) groups is 1. The lowest BCUT2D eigenvalue weighted by molar-refractivity contribution is -0.120. The Morgan fingerprint density at radius 1 is 1.25 bits per heavy atom. The number of hydrogen-bond donors (Lipinski definition) is 1. The molecule has 1 aliphatic rings. The highest BCUT2D eigenvalue weighted by molar-refractivity contribution is 8.00. The number of thioether (sulfide) groups is 1. The second kappa shape index (κ2) is 7.16. The van der Waals surface area contributed by atoms with Crippen LogP contribution in [-0.4, -0.2) is 17.7 Å². The molecule has 1 aliphatic carbocycles. The summed E-state index contributed by atoms with van der Waals surface area (Å²) in [5, 5.41) is 3.00. The summed E-state index contributed by atoms with van der Waals surface area (Å²) in [5.74, 6) is 0.783. The molecule has 0 saturated heterocycles. The molecule has 0 bridgehead atoms. The summed E-state index contributed by atoms with van der Waals surface area (Å²) in [4.78, 5) is 13.3. The summed E-state index contributed by atoms with van der Waals surface area (Å²) in [7, 11) is 0. The molecule has 0 fully saturated rings. The molecule has 0 saturated carbocycles. The van der Waals surface area contributed by atoms with E-state index in [2.05, 4.69) is 37.4 Å².